The highest BCUT2D eigenvalue weighted by molar-refractivity contribution is 9.10. The van der Waals surface area contributed by atoms with Gasteiger partial charge in [-0.25, -0.2) is 19.3 Å². The average Bonchev–Trinajstić information content (AvgIpc) is 3.68. The SMILES string of the molecule is C.CC(C)(C)[Si](C)(C)OCc1cccc(-n2ncc3c(O[Si](C)(C)C(C)(C)C)cc(Br)cc32)n1.OCc1cccc(-n2ncc3c(O)cc(Br)cc32)n1. The normalized spacial score (nSPS) is 12.4. The lowest BCUT2D eigenvalue weighted by molar-refractivity contribution is 0.272. The second kappa shape index (κ2) is 16.1. The Kier molecular flexibility index (Phi) is 12.9. The van der Waals surface area contributed by atoms with Gasteiger partial charge in [0, 0.05) is 8.95 Å². The highest BCUT2D eigenvalue weighted by Crippen LogP contribution is 2.41. The molecule has 0 saturated carbocycles. The number of halogens is 2. The third-order valence-corrected chi connectivity index (χ3v) is 19.7. The van der Waals surface area contributed by atoms with Gasteiger partial charge in [0.1, 0.15) is 11.5 Å². The Morgan fingerprint density at radius 1 is 0.698 bits per heavy atom. The zero-order valence-corrected chi connectivity index (χ0v) is 36.7. The number of phenols is 1. The zero-order chi connectivity index (χ0) is 38.2. The van der Waals surface area contributed by atoms with Crippen LogP contribution in [-0.2, 0) is 17.6 Å². The minimum absolute atomic E-state index is 0. The van der Waals surface area contributed by atoms with Gasteiger partial charge < -0.3 is 19.1 Å². The number of fused-ring (bicyclic) bond motifs is 2. The van der Waals surface area contributed by atoms with Crippen LogP contribution in [0.4, 0.5) is 0 Å². The van der Waals surface area contributed by atoms with Gasteiger partial charge in [0.2, 0.25) is 0 Å². The predicted molar refractivity (Wildman–Crippen MR) is 227 cm³/mol. The van der Waals surface area contributed by atoms with Gasteiger partial charge in [-0.1, -0.05) is 93.0 Å². The molecule has 10 nitrogen and oxygen atoms in total. The van der Waals surface area contributed by atoms with Crippen molar-refractivity contribution in [1.29, 1.82) is 0 Å². The van der Waals surface area contributed by atoms with E-state index in [2.05, 4.69) is 121 Å². The molecule has 0 aliphatic rings. The minimum Gasteiger partial charge on any atom is -0.543 e. The third-order valence-electron chi connectivity index (χ3n) is 9.99. The van der Waals surface area contributed by atoms with Crippen LogP contribution in [0.15, 0.2) is 82.0 Å². The number of aliphatic hydroxyl groups excluding tert-OH is 1. The van der Waals surface area contributed by atoms with Crippen molar-refractivity contribution in [3.05, 3.63) is 93.4 Å². The molecule has 0 atom stereocenters. The van der Waals surface area contributed by atoms with Crippen LogP contribution < -0.4 is 4.43 Å². The number of rotatable bonds is 8. The fourth-order valence-corrected chi connectivity index (χ4v) is 7.65. The molecule has 2 aromatic carbocycles. The van der Waals surface area contributed by atoms with Crippen LogP contribution in [0.1, 0.15) is 60.4 Å². The minimum atomic E-state index is -2.00. The molecule has 4 heterocycles. The first-order chi connectivity index (χ1) is 24.2. The maximum absolute atomic E-state index is 9.87. The van der Waals surface area contributed by atoms with E-state index in [1.807, 2.05) is 41.2 Å². The summed E-state index contributed by atoms with van der Waals surface area (Å²) >= 11 is 7.01. The van der Waals surface area contributed by atoms with Crippen LogP contribution >= 0.6 is 31.9 Å². The summed E-state index contributed by atoms with van der Waals surface area (Å²) in [6, 6.07) is 19.0. The van der Waals surface area contributed by atoms with Crippen molar-refractivity contribution in [1.82, 2.24) is 29.5 Å². The van der Waals surface area contributed by atoms with Crippen molar-refractivity contribution in [2.75, 3.05) is 0 Å². The lowest BCUT2D eigenvalue weighted by Crippen LogP contribution is -2.43. The molecule has 0 spiro atoms. The summed E-state index contributed by atoms with van der Waals surface area (Å²) in [5, 5.41) is 29.8. The number of aromatic hydroxyl groups is 1. The molecule has 0 saturated heterocycles. The molecule has 6 aromatic rings. The molecule has 0 aliphatic heterocycles. The summed E-state index contributed by atoms with van der Waals surface area (Å²) in [5.74, 6) is 2.40. The van der Waals surface area contributed by atoms with Gasteiger partial charge in [0.25, 0.3) is 8.32 Å². The topological polar surface area (TPSA) is 120 Å². The van der Waals surface area contributed by atoms with Crippen LogP contribution in [0.2, 0.25) is 36.3 Å². The molecule has 0 unspecified atom stereocenters. The fourth-order valence-electron chi connectivity index (χ4n) is 4.82. The number of hydrogen-bond acceptors (Lipinski definition) is 8. The van der Waals surface area contributed by atoms with E-state index in [4.69, 9.17) is 18.9 Å². The van der Waals surface area contributed by atoms with Gasteiger partial charge >= 0.3 is 0 Å². The first-order valence-electron chi connectivity index (χ1n) is 17.1. The predicted octanol–water partition coefficient (Wildman–Crippen LogP) is 11.1. The Morgan fingerprint density at radius 3 is 1.74 bits per heavy atom. The summed E-state index contributed by atoms with van der Waals surface area (Å²) < 4.78 is 18.3. The monoisotopic (exact) mass is 882 g/mol. The van der Waals surface area contributed by atoms with E-state index in [1.165, 1.54) is 0 Å². The second-order valence-electron chi connectivity index (χ2n) is 15.9. The number of phenolic OH excluding ortho intramolecular Hbond substituents is 1. The van der Waals surface area contributed by atoms with Crippen molar-refractivity contribution >= 4 is 70.3 Å². The lowest BCUT2D eigenvalue weighted by atomic mass is 10.2. The maximum Gasteiger partial charge on any atom is 0.250 e. The van der Waals surface area contributed by atoms with Crippen LogP contribution in [0, 0.1) is 0 Å². The van der Waals surface area contributed by atoms with Gasteiger partial charge in [0.05, 0.1) is 58.8 Å². The maximum atomic E-state index is 9.87. The molecule has 0 bridgehead atoms. The Morgan fingerprint density at radius 2 is 1.19 bits per heavy atom. The molecule has 284 valence electrons. The summed E-state index contributed by atoms with van der Waals surface area (Å²) in [7, 11) is -3.84. The number of benzene rings is 2. The number of aliphatic hydroxyl groups is 1. The molecule has 4 aromatic heterocycles. The zero-order valence-electron chi connectivity index (χ0n) is 31.5. The van der Waals surface area contributed by atoms with Crippen molar-refractivity contribution in [3.8, 4) is 23.1 Å². The highest BCUT2D eigenvalue weighted by atomic mass is 79.9. The summed E-state index contributed by atoms with van der Waals surface area (Å²) in [4.78, 5) is 9.17. The molecule has 2 N–H and O–H groups in total. The Balaban J connectivity index is 0.000000265. The number of pyridine rings is 2. The van der Waals surface area contributed by atoms with Gasteiger partial charge in [-0.3, -0.25) is 0 Å². The van der Waals surface area contributed by atoms with Crippen molar-refractivity contribution in [3.63, 3.8) is 0 Å². The van der Waals surface area contributed by atoms with Gasteiger partial charge in [0.15, 0.2) is 20.0 Å². The fraction of sp³-hybridized carbons (Fsp3) is 0.385. The Hall–Kier alpha value is -3.41. The van der Waals surface area contributed by atoms with Crippen LogP contribution in [0.5, 0.6) is 11.5 Å². The Bertz CT molecular complexity index is 2210. The van der Waals surface area contributed by atoms with E-state index in [1.54, 1.807) is 35.1 Å². The smallest absolute Gasteiger partial charge is 0.250 e. The summed E-state index contributed by atoms with van der Waals surface area (Å²) in [6.07, 6.45) is 3.47. The molecule has 14 heteroatoms. The van der Waals surface area contributed by atoms with Gasteiger partial charge in [-0.05, 0) is 84.8 Å². The Labute approximate surface area is 332 Å². The molecule has 0 amide bonds. The van der Waals surface area contributed by atoms with Gasteiger partial charge in [-0.15, -0.1) is 0 Å². The standard InChI is InChI=1S/C25H38BrN3O2Si2.C13H10BrN3O2.CH4/c1-24(2,3)32(7,8)30-17-19-12-11-13-23(28-19)29-21-14-18(26)15-22(20(21)16-27-29)31-33(9,10)25(4,5)6;14-8-4-11-10(12(19)5-8)6-15-17(11)13-3-1-2-9(7-18)16-13;/h11-16H,17H2,1-10H3;1-6,18-19H,7H2;1H4. The highest BCUT2D eigenvalue weighted by Gasteiger charge is 2.40. The van der Waals surface area contributed by atoms with E-state index in [0.29, 0.717) is 23.5 Å². The molecule has 6 rings (SSSR count). The van der Waals surface area contributed by atoms with E-state index in [9.17, 15) is 5.11 Å². The summed E-state index contributed by atoms with van der Waals surface area (Å²) in [6.45, 7) is 22.9. The van der Waals surface area contributed by atoms with Gasteiger partial charge in [-0.2, -0.15) is 10.2 Å². The number of nitrogens with zero attached hydrogens (tertiary/aromatic N) is 6. The number of hydrogen-bond donors (Lipinski definition) is 2. The largest absolute Gasteiger partial charge is 0.543 e. The molecule has 0 aliphatic carbocycles. The molecular formula is C39H52Br2N6O4Si2. The third kappa shape index (κ3) is 9.46. The van der Waals surface area contributed by atoms with Crippen LogP contribution in [0.3, 0.4) is 0 Å². The quantitative estimate of drug-likeness (QED) is 0.145. The van der Waals surface area contributed by atoms with E-state index in [0.717, 1.165) is 42.6 Å². The first-order valence-corrected chi connectivity index (χ1v) is 24.5. The second-order valence-corrected chi connectivity index (χ2v) is 27.2. The van der Waals surface area contributed by atoms with Crippen LogP contribution in [-0.4, -0.2) is 56.4 Å². The summed E-state index contributed by atoms with van der Waals surface area (Å²) in [5.41, 5.74) is 3.19. The van der Waals surface area contributed by atoms with E-state index >= 15 is 0 Å². The van der Waals surface area contributed by atoms with Crippen molar-refractivity contribution in [2.24, 2.45) is 0 Å². The average molecular weight is 885 g/mol. The molecular weight excluding hydrogens is 832 g/mol. The van der Waals surface area contributed by atoms with Crippen molar-refractivity contribution < 1.29 is 19.1 Å². The lowest BCUT2D eigenvalue weighted by Gasteiger charge is -2.36. The van der Waals surface area contributed by atoms with Crippen LogP contribution in [0.25, 0.3) is 33.4 Å². The molecule has 53 heavy (non-hydrogen) atoms. The number of aromatic nitrogens is 6. The molecule has 0 radical (unpaired) electrons. The van der Waals surface area contributed by atoms with E-state index in [-0.39, 0.29) is 29.9 Å². The molecule has 0 fully saturated rings. The van der Waals surface area contributed by atoms with Crippen molar-refractivity contribution in [2.45, 2.75) is 98.4 Å². The first kappa shape index (κ1) is 42.3. The van der Waals surface area contributed by atoms with E-state index < -0.39 is 16.6 Å².